The first-order valence-corrected chi connectivity index (χ1v) is 8.66. The number of ether oxygens (including phenoxy) is 1. The van der Waals surface area contributed by atoms with E-state index in [0.717, 1.165) is 43.3 Å². The molecule has 2 aliphatic rings. The number of H-pyrrole nitrogens is 1. The molecular formula is C18H23FN4O. The quantitative estimate of drug-likeness (QED) is 0.907. The molecule has 0 radical (unpaired) electrons. The Labute approximate surface area is 141 Å². The minimum atomic E-state index is -0.226. The second kappa shape index (κ2) is 7.01. The van der Waals surface area contributed by atoms with Crippen LogP contribution < -0.4 is 5.32 Å². The maximum Gasteiger partial charge on any atom is 0.126 e. The highest BCUT2D eigenvalue weighted by Crippen LogP contribution is 2.29. The summed E-state index contributed by atoms with van der Waals surface area (Å²) in [6, 6.07) is 7.24. The van der Waals surface area contributed by atoms with Gasteiger partial charge in [0.2, 0.25) is 0 Å². The minimum Gasteiger partial charge on any atom is -0.378 e. The van der Waals surface area contributed by atoms with E-state index in [4.69, 9.17) is 4.74 Å². The molecule has 128 valence electrons. The van der Waals surface area contributed by atoms with Crippen molar-refractivity contribution in [2.45, 2.75) is 24.9 Å². The maximum atomic E-state index is 13.1. The Bertz CT molecular complexity index is 666. The fraction of sp³-hybridized carbons (Fsp3) is 0.500. The van der Waals surface area contributed by atoms with E-state index < -0.39 is 0 Å². The standard InChI is InChI=1S/C18H23FN4O/c19-14-3-1-13(2-4-14)16-11-21-18(22-16)17-12-24-10-9-23(17)15-5-7-20-8-6-15/h1-4,11,15,17,20H,5-10,12H2,(H,21,22)/t17-/m0/s1. The summed E-state index contributed by atoms with van der Waals surface area (Å²) in [4.78, 5) is 10.6. The second-order valence-electron chi connectivity index (χ2n) is 6.50. The summed E-state index contributed by atoms with van der Waals surface area (Å²) in [7, 11) is 0. The van der Waals surface area contributed by atoms with Crippen LogP contribution in [0.4, 0.5) is 4.39 Å². The van der Waals surface area contributed by atoms with Crippen molar-refractivity contribution in [1.82, 2.24) is 20.2 Å². The molecule has 24 heavy (non-hydrogen) atoms. The molecule has 0 amide bonds. The van der Waals surface area contributed by atoms with Crippen molar-refractivity contribution in [2.24, 2.45) is 0 Å². The fourth-order valence-electron chi connectivity index (χ4n) is 3.71. The first-order chi connectivity index (χ1) is 11.8. The van der Waals surface area contributed by atoms with Gasteiger partial charge in [0, 0.05) is 12.6 Å². The monoisotopic (exact) mass is 330 g/mol. The number of imidazole rings is 1. The predicted octanol–water partition coefficient (Wildman–Crippen LogP) is 2.34. The highest BCUT2D eigenvalue weighted by atomic mass is 19.1. The molecule has 2 aromatic rings. The normalized spacial score (nSPS) is 23.5. The Morgan fingerprint density at radius 3 is 2.75 bits per heavy atom. The molecule has 0 unspecified atom stereocenters. The van der Waals surface area contributed by atoms with E-state index in [1.807, 2.05) is 6.20 Å². The van der Waals surface area contributed by atoms with Gasteiger partial charge in [-0.3, -0.25) is 4.90 Å². The lowest BCUT2D eigenvalue weighted by molar-refractivity contribution is -0.0387. The number of morpholine rings is 1. The summed E-state index contributed by atoms with van der Waals surface area (Å²) in [5, 5.41) is 3.43. The van der Waals surface area contributed by atoms with Crippen LogP contribution in [0, 0.1) is 5.82 Å². The Morgan fingerprint density at radius 2 is 1.96 bits per heavy atom. The van der Waals surface area contributed by atoms with Crippen molar-refractivity contribution < 1.29 is 9.13 Å². The number of hydrogen-bond donors (Lipinski definition) is 2. The van der Waals surface area contributed by atoms with Crippen LogP contribution in [0.1, 0.15) is 24.7 Å². The topological polar surface area (TPSA) is 53.2 Å². The third kappa shape index (κ3) is 3.22. The van der Waals surface area contributed by atoms with Crippen molar-refractivity contribution in [2.75, 3.05) is 32.8 Å². The zero-order valence-corrected chi connectivity index (χ0v) is 13.7. The van der Waals surface area contributed by atoms with Crippen LogP contribution >= 0.6 is 0 Å². The second-order valence-corrected chi connectivity index (χ2v) is 6.50. The van der Waals surface area contributed by atoms with Crippen LogP contribution in [-0.2, 0) is 4.74 Å². The van der Waals surface area contributed by atoms with Crippen molar-refractivity contribution in [3.05, 3.63) is 42.1 Å². The fourth-order valence-corrected chi connectivity index (χ4v) is 3.71. The third-order valence-corrected chi connectivity index (χ3v) is 5.01. The van der Waals surface area contributed by atoms with Crippen molar-refractivity contribution >= 4 is 0 Å². The summed E-state index contributed by atoms with van der Waals surface area (Å²) in [6.45, 7) is 4.55. The molecule has 2 saturated heterocycles. The average molecular weight is 330 g/mol. The molecule has 6 heteroatoms. The van der Waals surface area contributed by atoms with E-state index in [-0.39, 0.29) is 11.9 Å². The van der Waals surface area contributed by atoms with E-state index in [2.05, 4.69) is 20.2 Å². The minimum absolute atomic E-state index is 0.163. The number of halogens is 1. The lowest BCUT2D eigenvalue weighted by Gasteiger charge is -2.41. The molecule has 1 aromatic carbocycles. The van der Waals surface area contributed by atoms with Gasteiger partial charge in [0.15, 0.2) is 0 Å². The Kier molecular flexibility index (Phi) is 4.60. The molecule has 0 saturated carbocycles. The summed E-state index contributed by atoms with van der Waals surface area (Å²) in [5.41, 5.74) is 1.86. The summed E-state index contributed by atoms with van der Waals surface area (Å²) >= 11 is 0. The van der Waals surface area contributed by atoms with Gasteiger partial charge in [0.05, 0.1) is 31.1 Å². The number of nitrogens with zero attached hydrogens (tertiary/aromatic N) is 2. The number of rotatable bonds is 3. The first-order valence-electron chi connectivity index (χ1n) is 8.66. The van der Waals surface area contributed by atoms with Crippen molar-refractivity contribution in [3.63, 3.8) is 0 Å². The first kappa shape index (κ1) is 15.7. The molecule has 3 heterocycles. The van der Waals surface area contributed by atoms with Crippen molar-refractivity contribution in [3.8, 4) is 11.3 Å². The van der Waals surface area contributed by atoms with Gasteiger partial charge in [0.25, 0.3) is 0 Å². The molecule has 0 spiro atoms. The van der Waals surface area contributed by atoms with Gasteiger partial charge in [-0.05, 0) is 55.8 Å². The highest BCUT2D eigenvalue weighted by molar-refractivity contribution is 5.58. The number of piperidine rings is 1. The zero-order valence-electron chi connectivity index (χ0n) is 13.7. The van der Waals surface area contributed by atoms with Gasteiger partial charge in [-0.1, -0.05) is 0 Å². The molecule has 2 aliphatic heterocycles. The lowest BCUT2D eigenvalue weighted by atomic mass is 10.0. The molecule has 5 nitrogen and oxygen atoms in total. The van der Waals surface area contributed by atoms with Gasteiger partial charge in [-0.2, -0.15) is 0 Å². The molecule has 2 N–H and O–H groups in total. The van der Waals surface area contributed by atoms with Crippen LogP contribution in [0.3, 0.4) is 0 Å². The Balaban J connectivity index is 1.56. The zero-order chi connectivity index (χ0) is 16.4. The van der Waals surface area contributed by atoms with Gasteiger partial charge >= 0.3 is 0 Å². The number of benzene rings is 1. The van der Waals surface area contributed by atoms with Crippen LogP contribution in [0.25, 0.3) is 11.3 Å². The largest absolute Gasteiger partial charge is 0.378 e. The average Bonchev–Trinajstić information content (AvgIpc) is 3.13. The van der Waals surface area contributed by atoms with Gasteiger partial charge in [-0.15, -0.1) is 0 Å². The predicted molar refractivity (Wildman–Crippen MR) is 90.1 cm³/mol. The Hall–Kier alpha value is -1.76. The molecule has 0 bridgehead atoms. The molecular weight excluding hydrogens is 307 g/mol. The van der Waals surface area contributed by atoms with Gasteiger partial charge in [-0.25, -0.2) is 9.37 Å². The molecule has 4 rings (SSSR count). The summed E-state index contributed by atoms with van der Waals surface area (Å²) in [5.74, 6) is 0.712. The highest BCUT2D eigenvalue weighted by Gasteiger charge is 2.32. The number of aromatic nitrogens is 2. The van der Waals surface area contributed by atoms with E-state index in [0.29, 0.717) is 12.6 Å². The van der Waals surface area contributed by atoms with Gasteiger partial charge in [0.1, 0.15) is 11.6 Å². The summed E-state index contributed by atoms with van der Waals surface area (Å²) in [6.07, 6.45) is 4.17. The molecule has 1 atom stereocenters. The van der Waals surface area contributed by atoms with Crippen LogP contribution in [0.15, 0.2) is 30.5 Å². The SMILES string of the molecule is Fc1ccc(-c2cnc([C@@H]3COCCN3C3CCNCC3)[nH]2)cc1. The number of hydrogen-bond acceptors (Lipinski definition) is 4. The van der Waals surface area contributed by atoms with E-state index in [1.165, 1.54) is 25.0 Å². The molecule has 2 fully saturated rings. The van der Waals surface area contributed by atoms with Crippen LogP contribution in [-0.4, -0.2) is 53.8 Å². The van der Waals surface area contributed by atoms with E-state index in [1.54, 1.807) is 12.1 Å². The number of nitrogens with one attached hydrogen (secondary N) is 2. The lowest BCUT2D eigenvalue weighted by Crippen LogP contribution is -2.49. The third-order valence-electron chi connectivity index (χ3n) is 5.01. The summed E-state index contributed by atoms with van der Waals surface area (Å²) < 4.78 is 18.8. The maximum absolute atomic E-state index is 13.1. The van der Waals surface area contributed by atoms with Crippen molar-refractivity contribution in [1.29, 1.82) is 0 Å². The molecule has 0 aliphatic carbocycles. The Morgan fingerprint density at radius 1 is 1.17 bits per heavy atom. The van der Waals surface area contributed by atoms with Crippen LogP contribution in [0.5, 0.6) is 0 Å². The van der Waals surface area contributed by atoms with E-state index >= 15 is 0 Å². The molecule has 1 aromatic heterocycles. The van der Waals surface area contributed by atoms with Crippen LogP contribution in [0.2, 0.25) is 0 Å². The van der Waals surface area contributed by atoms with E-state index in [9.17, 15) is 4.39 Å². The number of aromatic amines is 1. The van der Waals surface area contributed by atoms with Gasteiger partial charge < -0.3 is 15.0 Å². The smallest absolute Gasteiger partial charge is 0.126 e.